The Hall–Kier alpha value is -0.835. The zero-order valence-electron chi connectivity index (χ0n) is 8.29. The SMILES string of the molecule is CNCCc1ccc2c(c1)B(O)OC2. The normalized spacial score (nSPS) is 14.6. The van der Waals surface area contributed by atoms with Gasteiger partial charge in [0, 0.05) is 0 Å². The van der Waals surface area contributed by atoms with Gasteiger partial charge in [-0.25, -0.2) is 0 Å². The van der Waals surface area contributed by atoms with E-state index in [4.69, 9.17) is 4.65 Å². The molecule has 1 aliphatic heterocycles. The molecule has 0 saturated carbocycles. The number of nitrogens with one attached hydrogen (secondary N) is 1. The van der Waals surface area contributed by atoms with E-state index in [0.29, 0.717) is 6.61 Å². The van der Waals surface area contributed by atoms with Crippen LogP contribution >= 0.6 is 0 Å². The van der Waals surface area contributed by atoms with Gasteiger partial charge in [-0.05, 0) is 36.6 Å². The minimum absolute atomic E-state index is 0.531. The van der Waals surface area contributed by atoms with E-state index in [2.05, 4.69) is 11.4 Å². The van der Waals surface area contributed by atoms with Crippen molar-refractivity contribution in [3.05, 3.63) is 29.3 Å². The van der Waals surface area contributed by atoms with Crippen LogP contribution in [0.25, 0.3) is 0 Å². The fraction of sp³-hybridized carbons (Fsp3) is 0.400. The average molecular weight is 191 g/mol. The molecule has 2 rings (SSSR count). The Morgan fingerprint density at radius 1 is 1.57 bits per heavy atom. The van der Waals surface area contributed by atoms with Crippen LogP contribution in [0.5, 0.6) is 0 Å². The van der Waals surface area contributed by atoms with Crippen molar-refractivity contribution in [3.63, 3.8) is 0 Å². The summed E-state index contributed by atoms with van der Waals surface area (Å²) in [5, 5.41) is 12.6. The van der Waals surface area contributed by atoms with Crippen molar-refractivity contribution in [2.45, 2.75) is 13.0 Å². The molecule has 14 heavy (non-hydrogen) atoms. The molecule has 1 aromatic rings. The van der Waals surface area contributed by atoms with E-state index >= 15 is 0 Å². The summed E-state index contributed by atoms with van der Waals surface area (Å²) in [6.45, 7) is 1.48. The molecular formula is C10H14BNO2. The van der Waals surface area contributed by atoms with Crippen molar-refractivity contribution in [1.82, 2.24) is 5.32 Å². The highest BCUT2D eigenvalue weighted by Gasteiger charge is 2.26. The van der Waals surface area contributed by atoms with Crippen molar-refractivity contribution in [1.29, 1.82) is 0 Å². The Bertz CT molecular complexity index is 330. The molecule has 74 valence electrons. The molecule has 3 nitrogen and oxygen atoms in total. The Morgan fingerprint density at radius 2 is 2.43 bits per heavy atom. The molecule has 2 N–H and O–H groups in total. The van der Waals surface area contributed by atoms with E-state index < -0.39 is 7.12 Å². The number of fused-ring (bicyclic) bond motifs is 1. The number of hydrogen-bond donors (Lipinski definition) is 2. The zero-order chi connectivity index (χ0) is 9.97. The molecule has 0 saturated heterocycles. The van der Waals surface area contributed by atoms with Gasteiger partial charge in [0.15, 0.2) is 0 Å². The molecule has 0 unspecified atom stereocenters. The number of benzene rings is 1. The van der Waals surface area contributed by atoms with Gasteiger partial charge in [0.2, 0.25) is 0 Å². The van der Waals surface area contributed by atoms with Crippen LogP contribution in [0.1, 0.15) is 11.1 Å². The lowest BCUT2D eigenvalue weighted by Gasteiger charge is -2.03. The Kier molecular flexibility index (Phi) is 2.86. The van der Waals surface area contributed by atoms with Crippen LogP contribution in [0.15, 0.2) is 18.2 Å². The van der Waals surface area contributed by atoms with Crippen molar-refractivity contribution < 1.29 is 9.68 Å². The van der Waals surface area contributed by atoms with Crippen molar-refractivity contribution in [2.24, 2.45) is 0 Å². The maximum absolute atomic E-state index is 9.49. The van der Waals surface area contributed by atoms with Gasteiger partial charge in [-0.15, -0.1) is 0 Å². The standard InChI is InChI=1S/C10H14BNO2/c1-12-5-4-8-2-3-9-7-14-11(13)10(9)6-8/h2-3,6,12-13H,4-5,7H2,1H3. The third-order valence-corrected chi connectivity index (χ3v) is 2.54. The van der Waals surface area contributed by atoms with Crippen LogP contribution in [0.4, 0.5) is 0 Å². The fourth-order valence-electron chi connectivity index (χ4n) is 1.69. The first-order chi connectivity index (χ1) is 6.81. The van der Waals surface area contributed by atoms with Gasteiger partial charge in [0.05, 0.1) is 6.61 Å². The highest BCUT2D eigenvalue weighted by atomic mass is 16.5. The van der Waals surface area contributed by atoms with E-state index in [-0.39, 0.29) is 0 Å². The summed E-state index contributed by atoms with van der Waals surface area (Å²) in [4.78, 5) is 0. The quantitative estimate of drug-likeness (QED) is 0.642. The van der Waals surface area contributed by atoms with E-state index in [1.54, 1.807) is 0 Å². The molecule has 0 fully saturated rings. The molecule has 1 aromatic carbocycles. The third kappa shape index (κ3) is 1.82. The minimum Gasteiger partial charge on any atom is -0.423 e. The van der Waals surface area contributed by atoms with Gasteiger partial charge >= 0.3 is 7.12 Å². The fourth-order valence-corrected chi connectivity index (χ4v) is 1.69. The Morgan fingerprint density at radius 3 is 3.21 bits per heavy atom. The van der Waals surface area contributed by atoms with Gasteiger partial charge in [-0.3, -0.25) is 0 Å². The molecular weight excluding hydrogens is 177 g/mol. The summed E-state index contributed by atoms with van der Waals surface area (Å²) < 4.78 is 5.12. The predicted octanol–water partition coefficient (Wildman–Crippen LogP) is -0.334. The highest BCUT2D eigenvalue weighted by molar-refractivity contribution is 6.61. The second-order valence-electron chi connectivity index (χ2n) is 3.55. The summed E-state index contributed by atoms with van der Waals surface area (Å²) >= 11 is 0. The minimum atomic E-state index is -0.723. The summed E-state index contributed by atoms with van der Waals surface area (Å²) in [7, 11) is 1.21. The topological polar surface area (TPSA) is 41.5 Å². The van der Waals surface area contributed by atoms with E-state index in [1.807, 2.05) is 19.2 Å². The predicted molar refractivity (Wildman–Crippen MR) is 56.5 cm³/mol. The molecule has 0 amide bonds. The summed E-state index contributed by atoms with van der Waals surface area (Å²) in [6.07, 6.45) is 0.983. The maximum Gasteiger partial charge on any atom is 0.491 e. The first kappa shape index (κ1) is 9.71. The van der Waals surface area contributed by atoms with Crippen LogP contribution in [0.2, 0.25) is 0 Å². The molecule has 0 radical (unpaired) electrons. The zero-order valence-corrected chi connectivity index (χ0v) is 8.29. The number of hydrogen-bond acceptors (Lipinski definition) is 3. The van der Waals surface area contributed by atoms with Gasteiger partial charge in [0.1, 0.15) is 0 Å². The monoisotopic (exact) mass is 191 g/mol. The largest absolute Gasteiger partial charge is 0.491 e. The molecule has 4 heteroatoms. The van der Waals surface area contributed by atoms with Crippen LogP contribution in [-0.2, 0) is 17.7 Å². The van der Waals surface area contributed by atoms with Crippen molar-refractivity contribution in [2.75, 3.05) is 13.6 Å². The van der Waals surface area contributed by atoms with Crippen LogP contribution in [-0.4, -0.2) is 25.7 Å². The van der Waals surface area contributed by atoms with Gasteiger partial charge in [0.25, 0.3) is 0 Å². The molecule has 1 heterocycles. The Labute approximate surface area is 84.2 Å². The summed E-state index contributed by atoms with van der Waals surface area (Å²) in [5.41, 5.74) is 3.27. The lowest BCUT2D eigenvalue weighted by atomic mass is 9.78. The lowest BCUT2D eigenvalue weighted by Crippen LogP contribution is -2.28. The number of likely N-dealkylation sites (N-methyl/N-ethyl adjacent to an activating group) is 1. The molecule has 0 atom stereocenters. The van der Waals surface area contributed by atoms with Crippen LogP contribution in [0, 0.1) is 0 Å². The van der Waals surface area contributed by atoms with E-state index in [0.717, 1.165) is 24.0 Å². The Balaban J connectivity index is 2.17. The van der Waals surface area contributed by atoms with Gasteiger partial charge < -0.3 is 15.0 Å². The molecule has 0 spiro atoms. The van der Waals surface area contributed by atoms with E-state index in [1.165, 1.54) is 5.56 Å². The van der Waals surface area contributed by atoms with Gasteiger partial charge in [-0.2, -0.15) is 0 Å². The first-order valence-electron chi connectivity index (χ1n) is 4.87. The van der Waals surface area contributed by atoms with Crippen LogP contribution in [0.3, 0.4) is 0 Å². The van der Waals surface area contributed by atoms with Crippen LogP contribution < -0.4 is 10.8 Å². The van der Waals surface area contributed by atoms with E-state index in [9.17, 15) is 5.02 Å². The van der Waals surface area contributed by atoms with Crippen molar-refractivity contribution >= 4 is 12.6 Å². The van der Waals surface area contributed by atoms with Crippen molar-refractivity contribution in [3.8, 4) is 0 Å². The smallest absolute Gasteiger partial charge is 0.423 e. The highest BCUT2D eigenvalue weighted by Crippen LogP contribution is 2.11. The molecule has 0 bridgehead atoms. The van der Waals surface area contributed by atoms with Gasteiger partial charge in [-0.1, -0.05) is 18.2 Å². The molecule has 0 aliphatic carbocycles. The number of rotatable bonds is 3. The second kappa shape index (κ2) is 4.13. The lowest BCUT2D eigenvalue weighted by molar-refractivity contribution is 0.275. The summed E-state index contributed by atoms with van der Waals surface area (Å²) in [6, 6.07) is 6.17. The second-order valence-corrected chi connectivity index (χ2v) is 3.55. The summed E-state index contributed by atoms with van der Waals surface area (Å²) in [5.74, 6) is 0. The molecule has 0 aromatic heterocycles. The third-order valence-electron chi connectivity index (χ3n) is 2.54. The first-order valence-corrected chi connectivity index (χ1v) is 4.87. The molecule has 1 aliphatic rings. The maximum atomic E-state index is 9.49. The average Bonchev–Trinajstić information content (AvgIpc) is 2.57.